The Morgan fingerprint density at radius 1 is 1.50 bits per heavy atom. The minimum atomic E-state index is -0.0659. The average Bonchev–Trinajstić information content (AvgIpc) is 2.74. The van der Waals surface area contributed by atoms with E-state index in [1.807, 2.05) is 11.8 Å². The highest BCUT2D eigenvalue weighted by molar-refractivity contribution is 5.94. The fourth-order valence-electron chi connectivity index (χ4n) is 1.84. The summed E-state index contributed by atoms with van der Waals surface area (Å²) >= 11 is 0. The molecule has 0 fully saturated rings. The third-order valence-corrected chi connectivity index (χ3v) is 2.93. The molecule has 0 spiro atoms. The Morgan fingerprint density at radius 3 is 2.61 bits per heavy atom. The van der Waals surface area contributed by atoms with Gasteiger partial charge in [0.2, 0.25) is 0 Å². The van der Waals surface area contributed by atoms with Crippen LogP contribution in [0.2, 0.25) is 0 Å². The molecule has 0 saturated heterocycles. The van der Waals surface area contributed by atoms with Crippen molar-refractivity contribution >= 4 is 5.91 Å². The highest BCUT2D eigenvalue weighted by Gasteiger charge is 2.24. The minimum absolute atomic E-state index is 0.0234. The first-order chi connectivity index (χ1) is 8.39. The van der Waals surface area contributed by atoms with Gasteiger partial charge in [-0.15, -0.1) is 0 Å². The van der Waals surface area contributed by atoms with Gasteiger partial charge in [-0.3, -0.25) is 4.79 Å². The van der Waals surface area contributed by atoms with Crippen molar-refractivity contribution in [2.75, 3.05) is 19.6 Å². The molecule has 0 aliphatic rings. The van der Waals surface area contributed by atoms with E-state index in [0.717, 1.165) is 18.7 Å². The monoisotopic (exact) mass is 252 g/mol. The number of nitrogens with two attached hydrogens (primary N) is 1. The lowest BCUT2D eigenvalue weighted by molar-refractivity contribution is 0.0689. The zero-order chi connectivity index (χ0) is 13.8. The van der Waals surface area contributed by atoms with Crippen LogP contribution in [0, 0.1) is 12.3 Å². The molecule has 0 saturated carbocycles. The lowest BCUT2D eigenvalue weighted by Gasteiger charge is -2.31. The van der Waals surface area contributed by atoms with E-state index in [2.05, 4.69) is 20.8 Å². The third-order valence-electron chi connectivity index (χ3n) is 2.93. The van der Waals surface area contributed by atoms with Crippen LogP contribution < -0.4 is 5.73 Å². The summed E-state index contributed by atoms with van der Waals surface area (Å²) in [4.78, 5) is 14.2. The molecule has 18 heavy (non-hydrogen) atoms. The molecule has 102 valence electrons. The fourth-order valence-corrected chi connectivity index (χ4v) is 1.84. The van der Waals surface area contributed by atoms with E-state index in [9.17, 15) is 4.79 Å². The molecule has 1 aromatic rings. The summed E-state index contributed by atoms with van der Waals surface area (Å²) in [6.07, 6.45) is 2.46. The maximum absolute atomic E-state index is 12.4. The summed E-state index contributed by atoms with van der Waals surface area (Å²) in [6, 6.07) is 1.78. The van der Waals surface area contributed by atoms with E-state index < -0.39 is 0 Å². The second-order valence-corrected chi connectivity index (χ2v) is 5.54. The zero-order valence-electron chi connectivity index (χ0n) is 11.8. The Balaban J connectivity index is 2.81. The summed E-state index contributed by atoms with van der Waals surface area (Å²) in [6.45, 7) is 10.0. The van der Waals surface area contributed by atoms with E-state index in [0.29, 0.717) is 18.7 Å². The number of rotatable bonds is 6. The molecule has 2 N–H and O–H groups in total. The van der Waals surface area contributed by atoms with Gasteiger partial charge in [0.15, 0.2) is 0 Å². The van der Waals surface area contributed by atoms with Crippen LogP contribution in [0.1, 0.15) is 43.3 Å². The molecule has 1 amide bonds. The van der Waals surface area contributed by atoms with Gasteiger partial charge in [-0.1, -0.05) is 20.8 Å². The molecule has 4 heteroatoms. The lowest BCUT2D eigenvalue weighted by Crippen LogP contribution is -2.42. The number of hydrogen-bond acceptors (Lipinski definition) is 3. The van der Waals surface area contributed by atoms with E-state index >= 15 is 0 Å². The Morgan fingerprint density at radius 2 is 2.17 bits per heavy atom. The van der Waals surface area contributed by atoms with Gasteiger partial charge in [-0.05, 0) is 31.4 Å². The summed E-state index contributed by atoms with van der Waals surface area (Å²) in [7, 11) is 0. The van der Waals surface area contributed by atoms with Crippen LogP contribution in [-0.2, 0) is 0 Å². The van der Waals surface area contributed by atoms with Crippen LogP contribution in [0.3, 0.4) is 0 Å². The number of amides is 1. The molecule has 0 bridgehead atoms. The Labute approximate surface area is 109 Å². The predicted octanol–water partition coefficient (Wildman–Crippen LogP) is 2.43. The van der Waals surface area contributed by atoms with Gasteiger partial charge < -0.3 is 15.1 Å². The third kappa shape index (κ3) is 3.88. The highest BCUT2D eigenvalue weighted by atomic mass is 16.3. The largest absolute Gasteiger partial charge is 0.469 e. The zero-order valence-corrected chi connectivity index (χ0v) is 11.8. The number of furan rings is 1. The molecule has 0 unspecified atom stereocenters. The first kappa shape index (κ1) is 14.8. The van der Waals surface area contributed by atoms with Crippen molar-refractivity contribution in [3.63, 3.8) is 0 Å². The van der Waals surface area contributed by atoms with Gasteiger partial charge in [-0.25, -0.2) is 0 Å². The Hall–Kier alpha value is -1.29. The highest BCUT2D eigenvalue weighted by Crippen LogP contribution is 2.18. The van der Waals surface area contributed by atoms with Gasteiger partial charge in [0.25, 0.3) is 5.91 Å². The van der Waals surface area contributed by atoms with Crippen molar-refractivity contribution in [1.82, 2.24) is 4.90 Å². The van der Waals surface area contributed by atoms with Crippen LogP contribution in [0.5, 0.6) is 0 Å². The Kier molecular flexibility index (Phi) is 4.96. The van der Waals surface area contributed by atoms with E-state index in [1.165, 1.54) is 6.26 Å². The number of aryl methyl sites for hydroxylation is 1. The summed E-state index contributed by atoms with van der Waals surface area (Å²) in [5.74, 6) is 0.781. The molecule has 4 nitrogen and oxygen atoms in total. The van der Waals surface area contributed by atoms with Crippen molar-refractivity contribution in [3.8, 4) is 0 Å². The fraction of sp³-hybridized carbons (Fsp3) is 0.643. The van der Waals surface area contributed by atoms with Gasteiger partial charge in [-0.2, -0.15) is 0 Å². The summed E-state index contributed by atoms with van der Waals surface area (Å²) < 4.78 is 5.20. The van der Waals surface area contributed by atoms with Crippen LogP contribution >= 0.6 is 0 Å². The van der Waals surface area contributed by atoms with Gasteiger partial charge in [0.05, 0.1) is 5.56 Å². The summed E-state index contributed by atoms with van der Waals surface area (Å²) in [5, 5.41) is 0. The predicted molar refractivity (Wildman–Crippen MR) is 72.5 cm³/mol. The summed E-state index contributed by atoms with van der Waals surface area (Å²) in [5.41, 5.74) is 6.29. The topological polar surface area (TPSA) is 59.5 Å². The molecule has 0 radical (unpaired) electrons. The molecule has 1 rings (SSSR count). The number of carbonyl (C=O) groups excluding carboxylic acids is 1. The van der Waals surface area contributed by atoms with Crippen molar-refractivity contribution in [1.29, 1.82) is 0 Å². The van der Waals surface area contributed by atoms with Crippen LogP contribution in [0.25, 0.3) is 0 Å². The van der Waals surface area contributed by atoms with Crippen molar-refractivity contribution < 1.29 is 9.21 Å². The van der Waals surface area contributed by atoms with Crippen LogP contribution in [0.15, 0.2) is 16.7 Å². The van der Waals surface area contributed by atoms with Gasteiger partial charge in [0.1, 0.15) is 12.0 Å². The molecule has 0 atom stereocenters. The molecule has 0 aromatic carbocycles. The smallest absolute Gasteiger partial charge is 0.257 e. The second kappa shape index (κ2) is 6.05. The maximum atomic E-state index is 12.4. The normalized spacial score (nSPS) is 11.6. The van der Waals surface area contributed by atoms with Crippen LogP contribution in [-0.4, -0.2) is 30.4 Å². The quantitative estimate of drug-likeness (QED) is 0.846. The molecule has 0 aliphatic heterocycles. The van der Waals surface area contributed by atoms with E-state index in [4.69, 9.17) is 10.2 Å². The number of nitrogens with zero attached hydrogens (tertiary/aromatic N) is 1. The van der Waals surface area contributed by atoms with Crippen molar-refractivity contribution in [2.45, 2.75) is 34.1 Å². The number of hydrogen-bond donors (Lipinski definition) is 1. The van der Waals surface area contributed by atoms with E-state index in [-0.39, 0.29) is 11.3 Å². The molecule has 1 heterocycles. The first-order valence-electron chi connectivity index (χ1n) is 6.44. The molecular formula is C14H24N2O2. The average molecular weight is 252 g/mol. The van der Waals surface area contributed by atoms with Crippen molar-refractivity contribution in [3.05, 3.63) is 23.7 Å². The lowest BCUT2D eigenvalue weighted by atomic mass is 9.93. The number of carbonyl (C=O) groups is 1. The molecular weight excluding hydrogens is 228 g/mol. The Bertz CT molecular complexity index is 396. The molecule has 1 aromatic heterocycles. The second-order valence-electron chi connectivity index (χ2n) is 5.54. The SMILES string of the molecule is CCCN(CC(C)(C)CN)C(=O)c1coc(C)c1. The van der Waals surface area contributed by atoms with Gasteiger partial charge >= 0.3 is 0 Å². The van der Waals surface area contributed by atoms with E-state index in [1.54, 1.807) is 6.07 Å². The maximum Gasteiger partial charge on any atom is 0.257 e. The van der Waals surface area contributed by atoms with Crippen molar-refractivity contribution in [2.24, 2.45) is 11.1 Å². The molecule has 0 aliphatic carbocycles. The first-order valence-corrected chi connectivity index (χ1v) is 6.44. The van der Waals surface area contributed by atoms with Gasteiger partial charge in [0, 0.05) is 13.1 Å². The minimum Gasteiger partial charge on any atom is -0.469 e. The standard InChI is InChI=1S/C14H24N2O2/c1-5-6-16(10-14(3,4)9-15)13(17)12-7-11(2)18-8-12/h7-8H,5-6,9-10,15H2,1-4H3. The van der Waals surface area contributed by atoms with Crippen LogP contribution in [0.4, 0.5) is 0 Å².